The SMILES string of the molecule is CC(C)C(=O)Nc1cccc(CNC(=O)c2ccccc2S(=O)(=O)N2CCCCC2)c1. The quantitative estimate of drug-likeness (QED) is 0.686. The molecule has 0 spiro atoms. The van der Waals surface area contributed by atoms with Crippen molar-refractivity contribution in [3.05, 3.63) is 59.7 Å². The number of rotatable bonds is 7. The summed E-state index contributed by atoms with van der Waals surface area (Å²) in [6.45, 7) is 4.80. The summed E-state index contributed by atoms with van der Waals surface area (Å²) < 4.78 is 27.7. The lowest BCUT2D eigenvalue weighted by atomic mass is 10.1. The average Bonchev–Trinajstić information content (AvgIpc) is 2.78. The Balaban J connectivity index is 1.73. The third kappa shape index (κ3) is 5.71. The summed E-state index contributed by atoms with van der Waals surface area (Å²) in [7, 11) is -3.72. The average molecular weight is 444 g/mol. The molecule has 0 saturated carbocycles. The summed E-state index contributed by atoms with van der Waals surface area (Å²) in [5.74, 6) is -0.674. The van der Waals surface area contributed by atoms with E-state index >= 15 is 0 Å². The van der Waals surface area contributed by atoms with E-state index in [4.69, 9.17) is 0 Å². The Morgan fingerprint density at radius 2 is 1.71 bits per heavy atom. The highest BCUT2D eigenvalue weighted by atomic mass is 32.2. The zero-order chi connectivity index (χ0) is 22.4. The van der Waals surface area contributed by atoms with Crippen molar-refractivity contribution >= 4 is 27.5 Å². The molecular weight excluding hydrogens is 414 g/mol. The van der Waals surface area contributed by atoms with Gasteiger partial charge in [-0.1, -0.05) is 44.5 Å². The van der Waals surface area contributed by atoms with Gasteiger partial charge in [-0.2, -0.15) is 4.31 Å². The number of piperidine rings is 1. The molecule has 8 heteroatoms. The Kier molecular flexibility index (Phi) is 7.46. The molecule has 1 aliphatic heterocycles. The number of carbonyl (C=O) groups is 2. The maximum Gasteiger partial charge on any atom is 0.252 e. The minimum atomic E-state index is -3.72. The predicted molar refractivity (Wildman–Crippen MR) is 120 cm³/mol. The number of amides is 2. The lowest BCUT2D eigenvalue weighted by Gasteiger charge is -2.26. The van der Waals surface area contributed by atoms with Crippen molar-refractivity contribution < 1.29 is 18.0 Å². The van der Waals surface area contributed by atoms with Crippen LogP contribution in [-0.4, -0.2) is 37.6 Å². The molecule has 1 saturated heterocycles. The van der Waals surface area contributed by atoms with Gasteiger partial charge in [0.25, 0.3) is 5.91 Å². The Morgan fingerprint density at radius 1 is 1.00 bits per heavy atom. The van der Waals surface area contributed by atoms with Gasteiger partial charge in [0.1, 0.15) is 0 Å². The number of carbonyl (C=O) groups excluding carboxylic acids is 2. The molecule has 2 N–H and O–H groups in total. The van der Waals surface area contributed by atoms with Crippen LogP contribution >= 0.6 is 0 Å². The molecule has 1 heterocycles. The van der Waals surface area contributed by atoms with Crippen LogP contribution in [0.4, 0.5) is 5.69 Å². The minimum Gasteiger partial charge on any atom is -0.348 e. The first kappa shape index (κ1) is 23.0. The Bertz CT molecular complexity index is 1040. The number of hydrogen-bond acceptors (Lipinski definition) is 4. The molecule has 7 nitrogen and oxygen atoms in total. The van der Waals surface area contributed by atoms with E-state index in [1.165, 1.54) is 16.4 Å². The van der Waals surface area contributed by atoms with E-state index in [-0.39, 0.29) is 28.8 Å². The van der Waals surface area contributed by atoms with Gasteiger partial charge in [-0.25, -0.2) is 8.42 Å². The normalized spacial score (nSPS) is 14.9. The Labute approximate surface area is 183 Å². The minimum absolute atomic E-state index is 0.0346. The fourth-order valence-corrected chi connectivity index (χ4v) is 5.15. The van der Waals surface area contributed by atoms with E-state index < -0.39 is 15.9 Å². The number of sulfonamides is 1. The maximum absolute atomic E-state index is 13.1. The highest BCUT2D eigenvalue weighted by Gasteiger charge is 2.29. The second-order valence-electron chi connectivity index (χ2n) is 7.99. The summed E-state index contributed by atoms with van der Waals surface area (Å²) in [6.07, 6.45) is 2.68. The maximum atomic E-state index is 13.1. The lowest BCUT2D eigenvalue weighted by Crippen LogP contribution is -2.37. The van der Waals surface area contributed by atoms with Gasteiger partial charge in [0, 0.05) is 31.2 Å². The molecule has 0 unspecified atom stereocenters. The van der Waals surface area contributed by atoms with Crippen LogP contribution in [0.15, 0.2) is 53.4 Å². The fourth-order valence-electron chi connectivity index (χ4n) is 3.45. The zero-order valence-electron chi connectivity index (χ0n) is 17.9. The first-order chi connectivity index (χ1) is 14.8. The van der Waals surface area contributed by atoms with E-state index in [0.717, 1.165) is 24.8 Å². The fraction of sp³-hybridized carbons (Fsp3) is 0.391. The topological polar surface area (TPSA) is 95.6 Å². The summed E-state index contributed by atoms with van der Waals surface area (Å²) in [6, 6.07) is 13.5. The molecule has 2 amide bonds. The summed E-state index contributed by atoms with van der Waals surface area (Å²) in [4.78, 5) is 24.8. The van der Waals surface area contributed by atoms with Gasteiger partial charge in [0.2, 0.25) is 15.9 Å². The number of nitrogens with one attached hydrogen (secondary N) is 2. The first-order valence-corrected chi connectivity index (χ1v) is 12.0. The van der Waals surface area contributed by atoms with Crippen molar-refractivity contribution in [2.24, 2.45) is 5.92 Å². The molecule has 1 fully saturated rings. The van der Waals surface area contributed by atoms with Crippen LogP contribution in [0.3, 0.4) is 0 Å². The standard InChI is InChI=1S/C23H29N3O4S/c1-17(2)22(27)25-19-10-8-9-18(15-19)16-24-23(28)20-11-4-5-12-21(20)31(29,30)26-13-6-3-7-14-26/h4-5,8-12,15,17H,3,6-7,13-14,16H2,1-2H3,(H,24,28)(H,25,27). The van der Waals surface area contributed by atoms with Crippen molar-refractivity contribution in [3.8, 4) is 0 Å². The van der Waals surface area contributed by atoms with Gasteiger partial charge in [-0.05, 0) is 42.7 Å². The van der Waals surface area contributed by atoms with Crippen molar-refractivity contribution in [3.63, 3.8) is 0 Å². The van der Waals surface area contributed by atoms with Crippen LogP contribution in [0.1, 0.15) is 49.0 Å². The largest absolute Gasteiger partial charge is 0.348 e. The summed E-state index contributed by atoms with van der Waals surface area (Å²) in [5, 5.41) is 5.63. The zero-order valence-corrected chi connectivity index (χ0v) is 18.7. The van der Waals surface area contributed by atoms with Crippen LogP contribution in [0.25, 0.3) is 0 Å². The summed E-state index contributed by atoms with van der Waals surface area (Å²) in [5.41, 5.74) is 1.59. The molecule has 166 valence electrons. The van der Waals surface area contributed by atoms with Gasteiger partial charge in [-0.15, -0.1) is 0 Å². The second kappa shape index (κ2) is 10.1. The first-order valence-electron chi connectivity index (χ1n) is 10.6. The number of nitrogens with zero attached hydrogens (tertiary/aromatic N) is 1. The summed E-state index contributed by atoms with van der Waals surface area (Å²) >= 11 is 0. The van der Waals surface area contributed by atoms with E-state index in [1.54, 1.807) is 30.3 Å². The number of hydrogen-bond donors (Lipinski definition) is 2. The highest BCUT2D eigenvalue weighted by Crippen LogP contribution is 2.23. The smallest absolute Gasteiger partial charge is 0.252 e. The van der Waals surface area contributed by atoms with Gasteiger partial charge in [0.15, 0.2) is 0 Å². The predicted octanol–water partition coefficient (Wildman–Crippen LogP) is 3.39. The third-order valence-corrected chi connectivity index (χ3v) is 7.19. The van der Waals surface area contributed by atoms with Crippen molar-refractivity contribution in [2.45, 2.75) is 44.6 Å². The van der Waals surface area contributed by atoms with Gasteiger partial charge in [-0.3, -0.25) is 9.59 Å². The molecule has 1 aliphatic rings. The van der Waals surface area contributed by atoms with Gasteiger partial charge < -0.3 is 10.6 Å². The molecule has 0 aromatic heterocycles. The van der Waals surface area contributed by atoms with E-state index in [0.29, 0.717) is 18.8 Å². The van der Waals surface area contributed by atoms with Crippen LogP contribution in [0.5, 0.6) is 0 Å². The molecule has 0 atom stereocenters. The van der Waals surface area contributed by atoms with Crippen LogP contribution in [-0.2, 0) is 21.4 Å². The molecule has 0 radical (unpaired) electrons. The molecule has 0 bridgehead atoms. The number of anilines is 1. The van der Waals surface area contributed by atoms with Crippen molar-refractivity contribution in [1.82, 2.24) is 9.62 Å². The lowest BCUT2D eigenvalue weighted by molar-refractivity contribution is -0.118. The van der Waals surface area contributed by atoms with Crippen LogP contribution < -0.4 is 10.6 Å². The molecule has 2 aromatic rings. The van der Waals surface area contributed by atoms with E-state index in [9.17, 15) is 18.0 Å². The van der Waals surface area contributed by atoms with Crippen molar-refractivity contribution in [1.29, 1.82) is 0 Å². The molecular formula is C23H29N3O4S. The third-order valence-electron chi connectivity index (χ3n) is 5.24. The molecule has 0 aliphatic carbocycles. The molecule has 3 rings (SSSR count). The van der Waals surface area contributed by atoms with E-state index in [2.05, 4.69) is 10.6 Å². The molecule has 2 aromatic carbocycles. The number of benzene rings is 2. The Hall–Kier alpha value is -2.71. The van der Waals surface area contributed by atoms with Gasteiger partial charge in [0.05, 0.1) is 10.5 Å². The van der Waals surface area contributed by atoms with E-state index in [1.807, 2.05) is 19.9 Å². The monoisotopic (exact) mass is 443 g/mol. The van der Waals surface area contributed by atoms with Crippen molar-refractivity contribution in [2.75, 3.05) is 18.4 Å². The Morgan fingerprint density at radius 3 is 2.42 bits per heavy atom. The van der Waals surface area contributed by atoms with Crippen LogP contribution in [0.2, 0.25) is 0 Å². The highest BCUT2D eigenvalue weighted by molar-refractivity contribution is 7.89. The van der Waals surface area contributed by atoms with Gasteiger partial charge >= 0.3 is 0 Å². The second-order valence-corrected chi connectivity index (χ2v) is 9.89. The van der Waals surface area contributed by atoms with Crippen LogP contribution in [0, 0.1) is 5.92 Å². The molecule has 31 heavy (non-hydrogen) atoms.